The van der Waals surface area contributed by atoms with Crippen LogP contribution in [0.3, 0.4) is 0 Å². The second-order valence-electron chi connectivity index (χ2n) is 3.48. The van der Waals surface area contributed by atoms with Gasteiger partial charge < -0.3 is 11.1 Å². The monoisotopic (exact) mass is 198 g/mol. The fourth-order valence-corrected chi connectivity index (χ4v) is 0.908. The highest BCUT2D eigenvalue weighted by Gasteiger charge is 2.18. The van der Waals surface area contributed by atoms with Crippen molar-refractivity contribution in [2.24, 2.45) is 11.7 Å². The van der Waals surface area contributed by atoms with E-state index in [0.717, 1.165) is 0 Å². The lowest BCUT2D eigenvalue weighted by atomic mass is 10.1. The number of rotatable bonds is 6. The molecule has 0 aromatic heterocycles. The first-order chi connectivity index (χ1) is 6.49. The van der Waals surface area contributed by atoms with Crippen LogP contribution in [0.25, 0.3) is 0 Å². The SMILES string of the molecule is C=CCC[C@@H](NC(=O)C(C)C)C(N)=O. The molecule has 2 amide bonds. The minimum Gasteiger partial charge on any atom is -0.368 e. The molecule has 0 fully saturated rings. The Balaban J connectivity index is 4.15. The molecular weight excluding hydrogens is 180 g/mol. The Bertz CT molecular complexity index is 224. The third-order valence-electron chi connectivity index (χ3n) is 1.84. The second-order valence-corrected chi connectivity index (χ2v) is 3.48. The maximum atomic E-state index is 11.3. The predicted molar refractivity (Wildman–Crippen MR) is 55.4 cm³/mol. The summed E-state index contributed by atoms with van der Waals surface area (Å²) in [6.07, 6.45) is 2.86. The molecule has 0 radical (unpaired) electrons. The van der Waals surface area contributed by atoms with Crippen LogP contribution in [0, 0.1) is 5.92 Å². The van der Waals surface area contributed by atoms with Crippen LogP contribution >= 0.6 is 0 Å². The van der Waals surface area contributed by atoms with Crippen molar-refractivity contribution in [2.75, 3.05) is 0 Å². The Morgan fingerprint density at radius 1 is 1.50 bits per heavy atom. The highest BCUT2D eigenvalue weighted by atomic mass is 16.2. The van der Waals surface area contributed by atoms with Gasteiger partial charge in [-0.25, -0.2) is 0 Å². The first kappa shape index (κ1) is 12.7. The third kappa shape index (κ3) is 4.64. The van der Waals surface area contributed by atoms with Gasteiger partial charge in [-0.1, -0.05) is 19.9 Å². The standard InChI is InChI=1S/C10H18N2O2/c1-4-5-6-8(9(11)13)12-10(14)7(2)3/h4,7-8H,1,5-6H2,2-3H3,(H2,11,13)(H,12,14)/t8-/m1/s1. The number of primary amides is 1. The molecule has 4 heteroatoms. The molecule has 0 aromatic carbocycles. The molecule has 0 saturated heterocycles. The average molecular weight is 198 g/mol. The van der Waals surface area contributed by atoms with Crippen LogP contribution in [0.5, 0.6) is 0 Å². The van der Waals surface area contributed by atoms with Crippen LogP contribution < -0.4 is 11.1 Å². The topological polar surface area (TPSA) is 72.2 Å². The van der Waals surface area contributed by atoms with E-state index >= 15 is 0 Å². The van der Waals surface area contributed by atoms with E-state index in [2.05, 4.69) is 11.9 Å². The van der Waals surface area contributed by atoms with Crippen molar-refractivity contribution in [1.82, 2.24) is 5.32 Å². The van der Waals surface area contributed by atoms with Gasteiger partial charge in [0, 0.05) is 5.92 Å². The van der Waals surface area contributed by atoms with Crippen LogP contribution in [-0.2, 0) is 9.59 Å². The summed E-state index contributed by atoms with van der Waals surface area (Å²) >= 11 is 0. The molecule has 14 heavy (non-hydrogen) atoms. The number of allylic oxidation sites excluding steroid dienone is 1. The van der Waals surface area contributed by atoms with Crippen LogP contribution in [0.4, 0.5) is 0 Å². The van der Waals surface area contributed by atoms with Crippen LogP contribution in [-0.4, -0.2) is 17.9 Å². The largest absolute Gasteiger partial charge is 0.368 e. The number of nitrogens with one attached hydrogen (secondary N) is 1. The van der Waals surface area contributed by atoms with Crippen molar-refractivity contribution < 1.29 is 9.59 Å². The molecule has 0 unspecified atom stereocenters. The molecule has 3 N–H and O–H groups in total. The molecular formula is C10H18N2O2. The van der Waals surface area contributed by atoms with E-state index < -0.39 is 11.9 Å². The van der Waals surface area contributed by atoms with Crippen molar-refractivity contribution >= 4 is 11.8 Å². The molecule has 0 aliphatic rings. The van der Waals surface area contributed by atoms with Gasteiger partial charge in [0.1, 0.15) is 6.04 Å². The lowest BCUT2D eigenvalue weighted by molar-refractivity contribution is -0.129. The summed E-state index contributed by atoms with van der Waals surface area (Å²) in [5, 5.41) is 2.59. The van der Waals surface area contributed by atoms with Gasteiger partial charge in [0.25, 0.3) is 0 Å². The van der Waals surface area contributed by atoms with Gasteiger partial charge in [-0.2, -0.15) is 0 Å². The minimum atomic E-state index is -0.581. The zero-order valence-corrected chi connectivity index (χ0v) is 8.75. The van der Waals surface area contributed by atoms with Crippen molar-refractivity contribution in [3.05, 3.63) is 12.7 Å². The summed E-state index contributed by atoms with van der Waals surface area (Å²) in [6.45, 7) is 7.07. The maximum absolute atomic E-state index is 11.3. The lowest BCUT2D eigenvalue weighted by Crippen LogP contribution is -2.45. The van der Waals surface area contributed by atoms with Gasteiger partial charge in [-0.05, 0) is 12.8 Å². The van der Waals surface area contributed by atoms with E-state index in [1.54, 1.807) is 19.9 Å². The number of carbonyl (C=O) groups is 2. The first-order valence-corrected chi connectivity index (χ1v) is 4.69. The molecule has 0 saturated carbocycles. The van der Waals surface area contributed by atoms with Crippen molar-refractivity contribution in [3.63, 3.8) is 0 Å². The summed E-state index contributed by atoms with van der Waals surface area (Å²) < 4.78 is 0. The quantitative estimate of drug-likeness (QED) is 0.613. The highest BCUT2D eigenvalue weighted by molar-refractivity contribution is 5.87. The lowest BCUT2D eigenvalue weighted by Gasteiger charge is -2.15. The molecule has 0 spiro atoms. The smallest absolute Gasteiger partial charge is 0.240 e. The number of hydrogen-bond acceptors (Lipinski definition) is 2. The van der Waals surface area contributed by atoms with E-state index in [4.69, 9.17) is 5.73 Å². The fraction of sp³-hybridized carbons (Fsp3) is 0.600. The summed E-state index contributed by atoms with van der Waals surface area (Å²) in [5.41, 5.74) is 5.14. The van der Waals surface area contributed by atoms with Gasteiger partial charge in [0.15, 0.2) is 0 Å². The van der Waals surface area contributed by atoms with E-state index in [1.165, 1.54) is 0 Å². The van der Waals surface area contributed by atoms with E-state index in [0.29, 0.717) is 12.8 Å². The zero-order valence-electron chi connectivity index (χ0n) is 8.75. The van der Waals surface area contributed by atoms with Gasteiger partial charge in [0.05, 0.1) is 0 Å². The van der Waals surface area contributed by atoms with E-state index in [9.17, 15) is 9.59 Å². The Hall–Kier alpha value is -1.32. The number of carbonyl (C=O) groups excluding carboxylic acids is 2. The van der Waals surface area contributed by atoms with Crippen molar-refractivity contribution in [3.8, 4) is 0 Å². The fourth-order valence-electron chi connectivity index (χ4n) is 0.908. The summed E-state index contributed by atoms with van der Waals surface area (Å²) in [7, 11) is 0. The zero-order chi connectivity index (χ0) is 11.1. The molecule has 0 rings (SSSR count). The summed E-state index contributed by atoms with van der Waals surface area (Å²) in [4.78, 5) is 22.2. The van der Waals surface area contributed by atoms with E-state index in [1.807, 2.05) is 0 Å². The van der Waals surface area contributed by atoms with Crippen LogP contribution in [0.15, 0.2) is 12.7 Å². The van der Waals surface area contributed by atoms with Gasteiger partial charge >= 0.3 is 0 Å². The second kappa shape index (κ2) is 6.18. The van der Waals surface area contributed by atoms with Crippen molar-refractivity contribution in [1.29, 1.82) is 0 Å². The third-order valence-corrected chi connectivity index (χ3v) is 1.84. The Labute approximate surface area is 84.5 Å². The molecule has 1 atom stereocenters. The predicted octanol–water partition coefficient (Wildman–Crippen LogP) is 0.579. The van der Waals surface area contributed by atoms with Gasteiger partial charge in [0.2, 0.25) is 11.8 Å². The Morgan fingerprint density at radius 3 is 2.43 bits per heavy atom. The number of amides is 2. The minimum absolute atomic E-state index is 0.138. The van der Waals surface area contributed by atoms with Gasteiger partial charge in [-0.3, -0.25) is 9.59 Å². The molecule has 0 bridgehead atoms. The maximum Gasteiger partial charge on any atom is 0.240 e. The number of nitrogens with two attached hydrogens (primary N) is 1. The number of hydrogen-bond donors (Lipinski definition) is 2. The Kier molecular flexibility index (Phi) is 5.60. The molecule has 80 valence electrons. The average Bonchev–Trinajstić information content (AvgIpc) is 2.10. The normalized spacial score (nSPS) is 12.2. The van der Waals surface area contributed by atoms with Crippen LogP contribution in [0.1, 0.15) is 26.7 Å². The van der Waals surface area contributed by atoms with Gasteiger partial charge in [-0.15, -0.1) is 6.58 Å². The molecule has 0 aromatic rings. The molecule has 0 heterocycles. The first-order valence-electron chi connectivity index (χ1n) is 4.69. The highest BCUT2D eigenvalue weighted by Crippen LogP contribution is 2.00. The molecule has 0 aliphatic carbocycles. The molecule has 0 aliphatic heterocycles. The Morgan fingerprint density at radius 2 is 2.07 bits per heavy atom. The van der Waals surface area contributed by atoms with Crippen LogP contribution in [0.2, 0.25) is 0 Å². The molecule has 4 nitrogen and oxygen atoms in total. The van der Waals surface area contributed by atoms with Crippen molar-refractivity contribution in [2.45, 2.75) is 32.7 Å². The summed E-state index contributed by atoms with van der Waals surface area (Å²) in [6, 6.07) is -0.581. The summed E-state index contributed by atoms with van der Waals surface area (Å²) in [5.74, 6) is -0.792. The van der Waals surface area contributed by atoms with E-state index in [-0.39, 0.29) is 11.8 Å².